The average Bonchev–Trinajstić information content (AvgIpc) is 2.10. The summed E-state index contributed by atoms with van der Waals surface area (Å²) in [7, 11) is 1.81. The second kappa shape index (κ2) is 6.43. The summed E-state index contributed by atoms with van der Waals surface area (Å²) in [5.74, 6) is 0.222. The van der Waals surface area contributed by atoms with Crippen LogP contribution in [0.3, 0.4) is 0 Å². The van der Waals surface area contributed by atoms with Gasteiger partial charge in [-0.2, -0.15) is 0 Å². The summed E-state index contributed by atoms with van der Waals surface area (Å²) in [5, 5.41) is 12.3. The Bertz CT molecular complexity index is 214. The molecule has 0 aliphatic rings. The molecule has 2 N–H and O–H groups in total. The Morgan fingerprint density at radius 3 is 2.58 bits per heavy atom. The molecule has 0 aromatic heterocycles. The zero-order chi connectivity index (χ0) is 9.40. The smallest absolute Gasteiger partial charge is 0.120 e. The van der Waals surface area contributed by atoms with Gasteiger partial charge < -0.3 is 10.4 Å². The van der Waals surface area contributed by atoms with Crippen molar-refractivity contribution in [1.82, 2.24) is 5.32 Å². The summed E-state index contributed by atoms with van der Waals surface area (Å²) in [5.41, 5.74) is 0.774. The van der Waals surface area contributed by atoms with E-state index < -0.39 is 0 Å². The second-order valence-electron chi connectivity index (χ2n) is 2.24. The van der Waals surface area contributed by atoms with Gasteiger partial charge in [0.05, 0.1) is 0 Å². The van der Waals surface area contributed by atoms with Gasteiger partial charge in [0.2, 0.25) is 0 Å². The number of hydrogen-bond donors (Lipinski definition) is 2. The van der Waals surface area contributed by atoms with Gasteiger partial charge in [-0.05, 0) is 13.1 Å². The van der Waals surface area contributed by atoms with Gasteiger partial charge in [0, 0.05) is 12.1 Å². The van der Waals surface area contributed by atoms with E-state index >= 15 is 0 Å². The molecule has 0 atom stereocenters. The first-order valence-electron chi connectivity index (χ1n) is 3.74. The SMILES string of the molecule is C=C/C=C\C(O)=C(/C=C)CNC. The molecule has 0 unspecified atom stereocenters. The number of nitrogens with one attached hydrogen (secondary N) is 1. The van der Waals surface area contributed by atoms with Crippen molar-refractivity contribution in [2.24, 2.45) is 0 Å². The van der Waals surface area contributed by atoms with E-state index in [-0.39, 0.29) is 5.76 Å². The lowest BCUT2D eigenvalue weighted by Gasteiger charge is -2.01. The first-order chi connectivity index (χ1) is 5.76. The molecule has 0 amide bonds. The number of aliphatic hydroxyl groups excluding tert-OH is 1. The predicted molar refractivity (Wildman–Crippen MR) is 53.1 cm³/mol. The van der Waals surface area contributed by atoms with E-state index in [4.69, 9.17) is 0 Å². The van der Waals surface area contributed by atoms with E-state index in [1.165, 1.54) is 0 Å². The normalized spacial score (nSPS) is 12.8. The predicted octanol–water partition coefficient (Wildman–Crippen LogP) is 1.95. The van der Waals surface area contributed by atoms with Gasteiger partial charge in [-0.3, -0.25) is 0 Å². The van der Waals surface area contributed by atoms with E-state index in [2.05, 4.69) is 18.5 Å². The highest BCUT2D eigenvalue weighted by molar-refractivity contribution is 5.29. The topological polar surface area (TPSA) is 32.3 Å². The van der Waals surface area contributed by atoms with E-state index in [1.807, 2.05) is 7.05 Å². The van der Waals surface area contributed by atoms with Crippen molar-refractivity contribution >= 4 is 0 Å². The molecule has 0 aliphatic heterocycles. The highest BCUT2D eigenvalue weighted by Crippen LogP contribution is 2.02. The van der Waals surface area contributed by atoms with Gasteiger partial charge in [0.25, 0.3) is 0 Å². The van der Waals surface area contributed by atoms with Crippen LogP contribution < -0.4 is 5.32 Å². The molecule has 2 nitrogen and oxygen atoms in total. The molecule has 0 bridgehead atoms. The van der Waals surface area contributed by atoms with Crippen LogP contribution in [0.1, 0.15) is 0 Å². The van der Waals surface area contributed by atoms with E-state index in [0.717, 1.165) is 5.57 Å². The molecular formula is C10H15NO. The maximum atomic E-state index is 9.40. The quantitative estimate of drug-likeness (QED) is 0.482. The second-order valence-corrected chi connectivity index (χ2v) is 2.24. The van der Waals surface area contributed by atoms with Crippen LogP contribution in [0.4, 0.5) is 0 Å². The van der Waals surface area contributed by atoms with Gasteiger partial charge in [0.15, 0.2) is 0 Å². The summed E-state index contributed by atoms with van der Waals surface area (Å²) in [4.78, 5) is 0. The Labute approximate surface area is 73.6 Å². The molecule has 66 valence electrons. The van der Waals surface area contributed by atoms with Crippen molar-refractivity contribution in [2.45, 2.75) is 0 Å². The lowest BCUT2D eigenvalue weighted by atomic mass is 10.2. The first-order valence-corrected chi connectivity index (χ1v) is 3.74. The van der Waals surface area contributed by atoms with Gasteiger partial charge in [0.1, 0.15) is 5.76 Å². The van der Waals surface area contributed by atoms with Crippen LogP contribution in [0.15, 0.2) is 48.8 Å². The molecule has 0 spiro atoms. The largest absolute Gasteiger partial charge is 0.508 e. The summed E-state index contributed by atoms with van der Waals surface area (Å²) in [6, 6.07) is 0. The fraction of sp³-hybridized carbons (Fsp3) is 0.200. The molecule has 0 aromatic rings. The van der Waals surface area contributed by atoms with Gasteiger partial charge >= 0.3 is 0 Å². The first kappa shape index (κ1) is 10.7. The third-order valence-corrected chi connectivity index (χ3v) is 1.33. The van der Waals surface area contributed by atoms with E-state index in [9.17, 15) is 5.11 Å². The summed E-state index contributed by atoms with van der Waals surface area (Å²) in [6.45, 7) is 7.70. The minimum Gasteiger partial charge on any atom is -0.508 e. The van der Waals surface area contributed by atoms with Gasteiger partial charge in [-0.15, -0.1) is 0 Å². The third kappa shape index (κ3) is 3.78. The fourth-order valence-electron chi connectivity index (χ4n) is 0.724. The van der Waals surface area contributed by atoms with E-state index in [0.29, 0.717) is 6.54 Å². The number of hydrogen-bond acceptors (Lipinski definition) is 2. The molecule has 0 saturated carbocycles. The number of likely N-dealkylation sites (N-methyl/N-ethyl adjacent to an activating group) is 1. The molecule has 0 rings (SSSR count). The van der Waals surface area contributed by atoms with Crippen LogP contribution in [0, 0.1) is 0 Å². The summed E-state index contributed by atoms with van der Waals surface area (Å²) >= 11 is 0. The van der Waals surface area contributed by atoms with Crippen LogP contribution >= 0.6 is 0 Å². The van der Waals surface area contributed by atoms with Gasteiger partial charge in [-0.1, -0.05) is 31.4 Å². The minimum atomic E-state index is 0.222. The summed E-state index contributed by atoms with van der Waals surface area (Å²) < 4.78 is 0. The number of allylic oxidation sites excluding steroid dienone is 3. The molecular weight excluding hydrogens is 150 g/mol. The Hall–Kier alpha value is -1.28. The van der Waals surface area contributed by atoms with Crippen molar-refractivity contribution in [3.05, 3.63) is 48.8 Å². The van der Waals surface area contributed by atoms with Gasteiger partial charge in [-0.25, -0.2) is 0 Å². The molecule has 0 fully saturated rings. The molecule has 0 aliphatic carbocycles. The van der Waals surface area contributed by atoms with Crippen molar-refractivity contribution in [2.75, 3.05) is 13.6 Å². The molecule has 2 heteroatoms. The molecule has 0 radical (unpaired) electrons. The lowest BCUT2D eigenvalue weighted by molar-refractivity contribution is 0.425. The minimum absolute atomic E-state index is 0.222. The molecule has 0 saturated heterocycles. The van der Waals surface area contributed by atoms with Crippen molar-refractivity contribution in [3.63, 3.8) is 0 Å². The lowest BCUT2D eigenvalue weighted by Crippen LogP contribution is -2.10. The third-order valence-electron chi connectivity index (χ3n) is 1.33. The average molecular weight is 165 g/mol. The summed E-state index contributed by atoms with van der Waals surface area (Å²) in [6.07, 6.45) is 6.49. The van der Waals surface area contributed by atoms with Crippen molar-refractivity contribution in [3.8, 4) is 0 Å². The van der Waals surface area contributed by atoms with Crippen molar-refractivity contribution < 1.29 is 5.11 Å². The van der Waals surface area contributed by atoms with Crippen LogP contribution in [0.2, 0.25) is 0 Å². The maximum Gasteiger partial charge on any atom is 0.120 e. The zero-order valence-electron chi connectivity index (χ0n) is 7.38. The Balaban J connectivity index is 4.46. The van der Waals surface area contributed by atoms with Crippen molar-refractivity contribution in [1.29, 1.82) is 0 Å². The number of rotatable bonds is 5. The Morgan fingerprint density at radius 1 is 1.50 bits per heavy atom. The Morgan fingerprint density at radius 2 is 2.17 bits per heavy atom. The monoisotopic (exact) mass is 165 g/mol. The van der Waals surface area contributed by atoms with Crippen LogP contribution in [0.5, 0.6) is 0 Å². The standard InChI is InChI=1S/C10H15NO/c1-4-6-7-10(12)9(5-2)8-11-3/h4-7,11-12H,1-2,8H2,3H3/b7-6-,10-9-. The molecule has 0 heterocycles. The maximum absolute atomic E-state index is 9.40. The zero-order valence-corrected chi connectivity index (χ0v) is 7.38. The molecule has 12 heavy (non-hydrogen) atoms. The molecule has 0 aromatic carbocycles. The Kier molecular flexibility index (Phi) is 5.75. The number of aliphatic hydroxyl groups is 1. The highest BCUT2D eigenvalue weighted by atomic mass is 16.3. The highest BCUT2D eigenvalue weighted by Gasteiger charge is 1.95. The van der Waals surface area contributed by atoms with Crippen LogP contribution in [-0.2, 0) is 0 Å². The van der Waals surface area contributed by atoms with E-state index in [1.54, 1.807) is 24.3 Å². The van der Waals surface area contributed by atoms with Crippen LogP contribution in [-0.4, -0.2) is 18.7 Å². The van der Waals surface area contributed by atoms with Crippen LogP contribution in [0.25, 0.3) is 0 Å². The fourth-order valence-corrected chi connectivity index (χ4v) is 0.724.